The zero-order valence-electron chi connectivity index (χ0n) is 12.7. The molecule has 0 aliphatic rings. The summed E-state index contributed by atoms with van der Waals surface area (Å²) in [5.41, 5.74) is 2.27. The number of nitrogens with one attached hydrogen (secondary N) is 1. The van der Waals surface area contributed by atoms with Crippen molar-refractivity contribution in [2.45, 2.75) is 40.2 Å². The number of amides is 2. The molecule has 0 spiro atoms. The third-order valence-electron chi connectivity index (χ3n) is 3.72. The molecule has 0 aromatic heterocycles. The van der Waals surface area contributed by atoms with E-state index in [1.165, 1.54) is 6.07 Å². The quantitative estimate of drug-likeness (QED) is 0.888. The Labute approximate surface area is 119 Å². The van der Waals surface area contributed by atoms with Crippen molar-refractivity contribution in [2.75, 3.05) is 12.4 Å². The monoisotopic (exact) mass is 278 g/mol. The highest BCUT2D eigenvalue weighted by molar-refractivity contribution is 5.94. The molecule has 1 aromatic rings. The standard InChI is InChI=1S/C15H22N2O3/c1-6-10(3)17(5)15(20)16-12-7-9(2)11(4)13(8-12)14(18)19/h7-8,10H,6H2,1-5H3,(H,16,20)(H,18,19). The summed E-state index contributed by atoms with van der Waals surface area (Å²) in [6.07, 6.45) is 0.858. The predicted molar refractivity (Wildman–Crippen MR) is 79.4 cm³/mol. The lowest BCUT2D eigenvalue weighted by molar-refractivity contribution is 0.0696. The van der Waals surface area contributed by atoms with Crippen LogP contribution in [0.25, 0.3) is 0 Å². The number of hydrogen-bond acceptors (Lipinski definition) is 2. The Hall–Kier alpha value is -2.04. The fourth-order valence-electron chi connectivity index (χ4n) is 1.84. The van der Waals surface area contributed by atoms with E-state index in [0.717, 1.165) is 12.0 Å². The molecule has 110 valence electrons. The molecule has 20 heavy (non-hydrogen) atoms. The fraction of sp³-hybridized carbons (Fsp3) is 0.467. The van der Waals surface area contributed by atoms with E-state index >= 15 is 0 Å². The minimum atomic E-state index is -0.989. The molecule has 5 nitrogen and oxygen atoms in total. The number of rotatable bonds is 4. The van der Waals surface area contributed by atoms with Crippen molar-refractivity contribution in [3.05, 3.63) is 28.8 Å². The van der Waals surface area contributed by atoms with Gasteiger partial charge in [0.15, 0.2) is 0 Å². The summed E-state index contributed by atoms with van der Waals surface area (Å²) in [6.45, 7) is 7.56. The first-order valence-electron chi connectivity index (χ1n) is 6.66. The number of aryl methyl sites for hydroxylation is 1. The third-order valence-corrected chi connectivity index (χ3v) is 3.72. The Balaban J connectivity index is 2.99. The lowest BCUT2D eigenvalue weighted by atomic mass is 10.0. The zero-order valence-corrected chi connectivity index (χ0v) is 12.7. The van der Waals surface area contributed by atoms with Crippen LogP contribution in [0.15, 0.2) is 12.1 Å². The second-order valence-electron chi connectivity index (χ2n) is 5.07. The first-order valence-corrected chi connectivity index (χ1v) is 6.66. The molecule has 0 aliphatic heterocycles. The Morgan fingerprint density at radius 3 is 2.45 bits per heavy atom. The van der Waals surface area contributed by atoms with Gasteiger partial charge in [-0.2, -0.15) is 0 Å². The Morgan fingerprint density at radius 1 is 1.35 bits per heavy atom. The van der Waals surface area contributed by atoms with Crippen molar-refractivity contribution in [3.63, 3.8) is 0 Å². The van der Waals surface area contributed by atoms with Gasteiger partial charge in [-0.25, -0.2) is 9.59 Å². The first-order chi connectivity index (χ1) is 9.27. The maximum atomic E-state index is 12.1. The van der Waals surface area contributed by atoms with E-state index in [4.69, 9.17) is 5.11 Å². The fourth-order valence-corrected chi connectivity index (χ4v) is 1.84. The van der Waals surface area contributed by atoms with Gasteiger partial charge in [0.25, 0.3) is 0 Å². The van der Waals surface area contributed by atoms with Crippen molar-refractivity contribution >= 4 is 17.7 Å². The first kappa shape index (κ1) is 16.0. The molecular formula is C15H22N2O3. The highest BCUT2D eigenvalue weighted by atomic mass is 16.4. The molecule has 0 heterocycles. The van der Waals surface area contributed by atoms with Gasteiger partial charge in [0, 0.05) is 18.8 Å². The smallest absolute Gasteiger partial charge is 0.336 e. The molecule has 1 aromatic carbocycles. The maximum Gasteiger partial charge on any atom is 0.336 e. The van der Waals surface area contributed by atoms with Crippen molar-refractivity contribution < 1.29 is 14.7 Å². The SMILES string of the molecule is CCC(C)N(C)C(=O)Nc1cc(C)c(C)c(C(=O)O)c1. The summed E-state index contributed by atoms with van der Waals surface area (Å²) in [7, 11) is 1.72. The van der Waals surface area contributed by atoms with E-state index in [1.54, 1.807) is 24.9 Å². The van der Waals surface area contributed by atoms with E-state index in [2.05, 4.69) is 5.32 Å². The van der Waals surface area contributed by atoms with Crippen LogP contribution in [0.4, 0.5) is 10.5 Å². The molecule has 0 aliphatic carbocycles. The molecule has 0 radical (unpaired) electrons. The third kappa shape index (κ3) is 3.50. The molecule has 1 unspecified atom stereocenters. The molecule has 5 heteroatoms. The molecule has 2 N–H and O–H groups in total. The minimum absolute atomic E-state index is 0.125. The highest BCUT2D eigenvalue weighted by Crippen LogP contribution is 2.20. The molecule has 0 saturated carbocycles. The number of aromatic carboxylic acids is 1. The van der Waals surface area contributed by atoms with Gasteiger partial charge in [0.1, 0.15) is 0 Å². The summed E-state index contributed by atoms with van der Waals surface area (Å²) >= 11 is 0. The number of nitrogens with zero attached hydrogens (tertiary/aromatic N) is 1. The number of benzene rings is 1. The Morgan fingerprint density at radius 2 is 1.95 bits per heavy atom. The lowest BCUT2D eigenvalue weighted by Crippen LogP contribution is -2.37. The van der Waals surface area contributed by atoms with Gasteiger partial charge < -0.3 is 15.3 Å². The average Bonchev–Trinajstić information content (AvgIpc) is 2.40. The molecule has 2 amide bonds. The van der Waals surface area contributed by atoms with E-state index in [1.807, 2.05) is 20.8 Å². The average molecular weight is 278 g/mol. The van der Waals surface area contributed by atoms with Crippen LogP contribution in [0.5, 0.6) is 0 Å². The number of carboxylic acid groups (broad SMARTS) is 1. The van der Waals surface area contributed by atoms with Gasteiger partial charge >= 0.3 is 12.0 Å². The van der Waals surface area contributed by atoms with Gasteiger partial charge in [-0.1, -0.05) is 6.92 Å². The number of urea groups is 1. The van der Waals surface area contributed by atoms with Gasteiger partial charge in [0.2, 0.25) is 0 Å². The van der Waals surface area contributed by atoms with Crippen molar-refractivity contribution in [1.82, 2.24) is 4.90 Å². The van der Waals surface area contributed by atoms with Crippen molar-refractivity contribution in [1.29, 1.82) is 0 Å². The molecule has 0 saturated heterocycles. The largest absolute Gasteiger partial charge is 0.478 e. The summed E-state index contributed by atoms with van der Waals surface area (Å²) in [5.74, 6) is -0.989. The van der Waals surface area contributed by atoms with Gasteiger partial charge in [-0.15, -0.1) is 0 Å². The van der Waals surface area contributed by atoms with Crippen molar-refractivity contribution in [2.24, 2.45) is 0 Å². The summed E-state index contributed by atoms with van der Waals surface area (Å²) in [4.78, 5) is 24.8. The Kier molecular flexibility index (Phi) is 5.13. The van der Waals surface area contributed by atoms with Crippen LogP contribution < -0.4 is 5.32 Å². The van der Waals surface area contributed by atoms with Crippen LogP contribution in [-0.4, -0.2) is 35.1 Å². The van der Waals surface area contributed by atoms with E-state index in [0.29, 0.717) is 11.3 Å². The molecule has 1 atom stereocenters. The normalized spacial score (nSPS) is 11.8. The van der Waals surface area contributed by atoms with Gasteiger partial charge in [-0.05, 0) is 50.5 Å². The van der Waals surface area contributed by atoms with Crippen LogP contribution in [-0.2, 0) is 0 Å². The number of carbonyl (C=O) groups is 2. The Bertz CT molecular complexity index is 526. The number of carboxylic acids is 1. The van der Waals surface area contributed by atoms with Crippen LogP contribution in [0.1, 0.15) is 41.8 Å². The van der Waals surface area contributed by atoms with E-state index in [9.17, 15) is 9.59 Å². The van der Waals surface area contributed by atoms with E-state index in [-0.39, 0.29) is 17.6 Å². The van der Waals surface area contributed by atoms with Crippen LogP contribution >= 0.6 is 0 Å². The second-order valence-corrected chi connectivity index (χ2v) is 5.07. The van der Waals surface area contributed by atoms with E-state index < -0.39 is 5.97 Å². The molecular weight excluding hydrogens is 256 g/mol. The second kappa shape index (κ2) is 6.41. The highest BCUT2D eigenvalue weighted by Gasteiger charge is 2.16. The number of carbonyl (C=O) groups excluding carboxylic acids is 1. The molecule has 0 bridgehead atoms. The van der Waals surface area contributed by atoms with Gasteiger partial charge in [0.05, 0.1) is 5.56 Å². The van der Waals surface area contributed by atoms with Gasteiger partial charge in [-0.3, -0.25) is 0 Å². The lowest BCUT2D eigenvalue weighted by Gasteiger charge is -2.24. The molecule has 0 fully saturated rings. The zero-order chi connectivity index (χ0) is 15.4. The predicted octanol–water partition coefficient (Wildman–Crippen LogP) is 3.26. The summed E-state index contributed by atoms with van der Waals surface area (Å²) in [6, 6.07) is 3.16. The van der Waals surface area contributed by atoms with Crippen LogP contribution in [0.3, 0.4) is 0 Å². The van der Waals surface area contributed by atoms with Crippen molar-refractivity contribution in [3.8, 4) is 0 Å². The van der Waals surface area contributed by atoms with Crippen LogP contribution in [0, 0.1) is 13.8 Å². The van der Waals surface area contributed by atoms with Crippen LogP contribution in [0.2, 0.25) is 0 Å². The summed E-state index contributed by atoms with van der Waals surface area (Å²) < 4.78 is 0. The minimum Gasteiger partial charge on any atom is -0.478 e. The topological polar surface area (TPSA) is 69.6 Å². The molecule has 1 rings (SSSR count). The number of hydrogen-bond donors (Lipinski definition) is 2. The maximum absolute atomic E-state index is 12.1. The summed E-state index contributed by atoms with van der Waals surface area (Å²) in [5, 5.41) is 11.9. The number of anilines is 1.